The SMILES string of the molecule is CSc1cc2c(cc1C=O)[C@]1(OC2)O[C@H](COCc2ccccc2)[C@@H](OCc2ccccc2)[C@H](OCc2ccccc2)[C@H]1OCc1ccccc1. The number of carbonyl (C=O) groups is 1. The maximum Gasteiger partial charge on any atom is 0.226 e. The number of fused-ring (bicyclic) bond motifs is 2. The summed E-state index contributed by atoms with van der Waals surface area (Å²) in [5.41, 5.74) is 6.34. The molecular formula is C43H42O7S. The number of rotatable bonds is 15. The summed E-state index contributed by atoms with van der Waals surface area (Å²) in [6.07, 6.45) is 0.165. The van der Waals surface area contributed by atoms with Gasteiger partial charge in [0.05, 0.1) is 39.6 Å². The van der Waals surface area contributed by atoms with Crippen LogP contribution in [0, 0.1) is 0 Å². The van der Waals surface area contributed by atoms with Crippen molar-refractivity contribution in [3.8, 4) is 0 Å². The van der Waals surface area contributed by atoms with Gasteiger partial charge in [-0.15, -0.1) is 11.8 Å². The Hall–Kier alpha value is -4.12. The zero-order chi connectivity index (χ0) is 34.9. The standard InChI is InChI=1S/C43H42O7S/c1-51-39-23-36-29-49-43(37(36)22-35(39)24-44)42(48-28-34-20-12-5-13-21-34)41(47-27-33-18-10-4-11-19-33)40(46-26-32-16-8-3-9-17-32)38(50-43)30-45-25-31-14-6-2-7-15-31/h2-24,38,40-42H,25-30H2,1H3/t38-,40-,41+,42-,43+/m1/s1. The van der Waals surface area contributed by atoms with E-state index in [9.17, 15) is 4.79 Å². The summed E-state index contributed by atoms with van der Waals surface area (Å²) in [6.45, 7) is 1.81. The van der Waals surface area contributed by atoms with Crippen molar-refractivity contribution in [3.63, 3.8) is 0 Å². The smallest absolute Gasteiger partial charge is 0.226 e. The van der Waals surface area contributed by atoms with Gasteiger partial charge in [-0.25, -0.2) is 0 Å². The van der Waals surface area contributed by atoms with Gasteiger partial charge in [-0.3, -0.25) is 4.79 Å². The van der Waals surface area contributed by atoms with E-state index in [-0.39, 0.29) is 19.8 Å². The van der Waals surface area contributed by atoms with Crippen molar-refractivity contribution in [2.75, 3.05) is 12.9 Å². The lowest BCUT2D eigenvalue weighted by Crippen LogP contribution is -2.65. The Morgan fingerprint density at radius 3 is 1.73 bits per heavy atom. The highest BCUT2D eigenvalue weighted by atomic mass is 32.2. The fraction of sp³-hybridized carbons (Fsp3) is 0.279. The summed E-state index contributed by atoms with van der Waals surface area (Å²) in [7, 11) is 0. The first-order valence-electron chi connectivity index (χ1n) is 17.2. The zero-order valence-electron chi connectivity index (χ0n) is 28.6. The summed E-state index contributed by atoms with van der Waals surface area (Å²) in [4.78, 5) is 13.3. The molecule has 7 rings (SSSR count). The highest BCUT2D eigenvalue weighted by molar-refractivity contribution is 7.98. The molecule has 1 fully saturated rings. The van der Waals surface area contributed by atoms with E-state index in [0.29, 0.717) is 25.4 Å². The lowest BCUT2D eigenvalue weighted by atomic mass is 9.86. The highest BCUT2D eigenvalue weighted by Gasteiger charge is 2.61. The summed E-state index contributed by atoms with van der Waals surface area (Å²) in [6, 6.07) is 44.1. The predicted molar refractivity (Wildman–Crippen MR) is 196 cm³/mol. The van der Waals surface area contributed by atoms with Gasteiger partial charge in [-0.05, 0) is 46.2 Å². The van der Waals surface area contributed by atoms with E-state index >= 15 is 0 Å². The molecule has 1 spiro atoms. The molecule has 0 radical (unpaired) electrons. The van der Waals surface area contributed by atoms with E-state index in [0.717, 1.165) is 44.6 Å². The molecule has 5 aromatic rings. The fourth-order valence-electron chi connectivity index (χ4n) is 6.78. The van der Waals surface area contributed by atoms with Crippen molar-refractivity contribution < 1.29 is 33.2 Å². The molecule has 5 atom stereocenters. The average molecular weight is 703 g/mol. The summed E-state index contributed by atoms with van der Waals surface area (Å²) in [5.74, 6) is -1.41. The molecule has 2 aliphatic rings. The van der Waals surface area contributed by atoms with Crippen molar-refractivity contribution in [2.45, 2.75) is 68.1 Å². The molecule has 8 heteroatoms. The van der Waals surface area contributed by atoms with Gasteiger partial charge >= 0.3 is 0 Å². The lowest BCUT2D eigenvalue weighted by molar-refractivity contribution is -0.387. The van der Waals surface area contributed by atoms with Crippen molar-refractivity contribution >= 4 is 18.0 Å². The van der Waals surface area contributed by atoms with E-state index in [1.807, 2.05) is 140 Å². The van der Waals surface area contributed by atoms with Crippen LogP contribution in [0.25, 0.3) is 0 Å². The minimum absolute atomic E-state index is 0.203. The van der Waals surface area contributed by atoms with Gasteiger partial charge in [-0.2, -0.15) is 0 Å². The van der Waals surface area contributed by atoms with Gasteiger partial charge in [0, 0.05) is 16.0 Å². The molecule has 2 aliphatic heterocycles. The van der Waals surface area contributed by atoms with Gasteiger partial charge in [0.25, 0.3) is 0 Å². The molecule has 51 heavy (non-hydrogen) atoms. The van der Waals surface area contributed by atoms with Gasteiger partial charge in [-0.1, -0.05) is 121 Å². The summed E-state index contributed by atoms with van der Waals surface area (Å²) >= 11 is 1.53. The molecule has 7 nitrogen and oxygen atoms in total. The summed E-state index contributed by atoms with van der Waals surface area (Å²) in [5, 5.41) is 0. The zero-order valence-corrected chi connectivity index (χ0v) is 29.4. The van der Waals surface area contributed by atoms with Crippen LogP contribution in [-0.2, 0) is 67.2 Å². The molecule has 2 heterocycles. The number of benzene rings is 5. The first-order valence-corrected chi connectivity index (χ1v) is 18.5. The van der Waals surface area contributed by atoms with Crippen LogP contribution in [0.3, 0.4) is 0 Å². The molecule has 262 valence electrons. The average Bonchev–Trinajstić information content (AvgIpc) is 3.54. The van der Waals surface area contributed by atoms with E-state index in [4.69, 9.17) is 28.4 Å². The Labute approximate surface area is 303 Å². The number of hydrogen-bond acceptors (Lipinski definition) is 8. The number of thioether (sulfide) groups is 1. The van der Waals surface area contributed by atoms with Crippen molar-refractivity contribution in [1.82, 2.24) is 0 Å². The lowest BCUT2D eigenvalue weighted by Gasteiger charge is -2.51. The second-order valence-corrected chi connectivity index (χ2v) is 13.6. The summed E-state index contributed by atoms with van der Waals surface area (Å²) < 4.78 is 41.0. The Morgan fingerprint density at radius 2 is 1.20 bits per heavy atom. The van der Waals surface area contributed by atoms with Crippen LogP contribution in [0.4, 0.5) is 0 Å². The second kappa shape index (κ2) is 16.9. The molecule has 0 amide bonds. The van der Waals surface area contributed by atoms with Crippen molar-refractivity contribution in [2.24, 2.45) is 0 Å². The monoisotopic (exact) mass is 702 g/mol. The van der Waals surface area contributed by atoms with Crippen LogP contribution in [-0.4, -0.2) is 43.6 Å². The molecule has 0 aromatic heterocycles. The van der Waals surface area contributed by atoms with Gasteiger partial charge in [0.15, 0.2) is 6.29 Å². The minimum atomic E-state index is -1.41. The fourth-order valence-corrected chi connectivity index (χ4v) is 7.39. The Morgan fingerprint density at radius 1 is 0.686 bits per heavy atom. The maximum atomic E-state index is 12.4. The molecule has 1 saturated heterocycles. The van der Waals surface area contributed by atoms with Gasteiger partial charge in [0.2, 0.25) is 5.79 Å². The first kappa shape index (κ1) is 35.3. The third-order valence-corrected chi connectivity index (χ3v) is 10.1. The highest BCUT2D eigenvalue weighted by Crippen LogP contribution is 2.50. The van der Waals surface area contributed by atoms with Crippen LogP contribution >= 0.6 is 11.8 Å². The largest absolute Gasteiger partial charge is 0.374 e. The van der Waals surface area contributed by atoms with Crippen LogP contribution in [0.1, 0.15) is 43.7 Å². The van der Waals surface area contributed by atoms with Crippen molar-refractivity contribution in [1.29, 1.82) is 0 Å². The van der Waals surface area contributed by atoms with Crippen LogP contribution < -0.4 is 0 Å². The van der Waals surface area contributed by atoms with E-state index < -0.39 is 30.2 Å². The van der Waals surface area contributed by atoms with Gasteiger partial charge < -0.3 is 28.4 Å². The molecule has 0 bridgehead atoms. The number of carbonyl (C=O) groups excluding carboxylic acids is 1. The molecule has 0 saturated carbocycles. The Balaban J connectivity index is 1.31. The van der Waals surface area contributed by atoms with Gasteiger partial charge in [0.1, 0.15) is 24.4 Å². The maximum absolute atomic E-state index is 12.4. The van der Waals surface area contributed by atoms with E-state index in [2.05, 4.69) is 0 Å². The van der Waals surface area contributed by atoms with E-state index in [1.165, 1.54) is 11.8 Å². The number of aldehydes is 1. The van der Waals surface area contributed by atoms with Crippen LogP contribution in [0.5, 0.6) is 0 Å². The quantitative estimate of drug-likeness (QED) is 0.0798. The minimum Gasteiger partial charge on any atom is -0.374 e. The predicted octanol–water partition coefficient (Wildman–Crippen LogP) is 8.28. The Bertz CT molecular complexity index is 1840. The second-order valence-electron chi connectivity index (χ2n) is 12.7. The topological polar surface area (TPSA) is 72.5 Å². The Kier molecular flexibility index (Phi) is 11.7. The molecule has 0 N–H and O–H groups in total. The molecule has 0 aliphatic carbocycles. The molecule has 0 unspecified atom stereocenters. The molecule has 5 aromatic carbocycles. The van der Waals surface area contributed by atoms with Crippen LogP contribution in [0.2, 0.25) is 0 Å². The third-order valence-electron chi connectivity index (χ3n) is 9.33. The number of hydrogen-bond donors (Lipinski definition) is 0. The van der Waals surface area contributed by atoms with Crippen LogP contribution in [0.15, 0.2) is 138 Å². The molecular weight excluding hydrogens is 661 g/mol. The normalized spacial score (nSPS) is 22.5. The number of ether oxygens (including phenoxy) is 6. The first-order chi connectivity index (χ1) is 25.2. The third kappa shape index (κ3) is 8.19. The van der Waals surface area contributed by atoms with Crippen molar-refractivity contribution in [3.05, 3.63) is 172 Å². The van der Waals surface area contributed by atoms with E-state index in [1.54, 1.807) is 0 Å².